The second-order valence-corrected chi connectivity index (χ2v) is 6.74. The van der Waals surface area contributed by atoms with Crippen molar-refractivity contribution in [2.45, 2.75) is 18.9 Å². The molecule has 0 saturated carbocycles. The molecule has 8 heteroatoms. The number of anilines is 1. The van der Waals surface area contributed by atoms with Crippen LogP contribution in [0.2, 0.25) is 0 Å². The van der Waals surface area contributed by atoms with Gasteiger partial charge in [0.25, 0.3) is 5.91 Å². The van der Waals surface area contributed by atoms with Crippen molar-refractivity contribution in [2.24, 2.45) is 0 Å². The molecule has 1 aliphatic rings. The molecule has 0 aromatic carbocycles. The van der Waals surface area contributed by atoms with Crippen LogP contribution in [0.3, 0.4) is 0 Å². The van der Waals surface area contributed by atoms with E-state index in [1.54, 1.807) is 0 Å². The number of carbonyl (C=O) groups is 1. The fourth-order valence-electron chi connectivity index (χ4n) is 2.03. The summed E-state index contributed by atoms with van der Waals surface area (Å²) >= 11 is 0. The number of aromatic nitrogens is 1. The molecule has 1 aromatic heterocycles. The Morgan fingerprint density at radius 1 is 1.53 bits per heavy atom. The number of hydrogen-bond acceptors (Lipinski definition) is 5. The van der Waals surface area contributed by atoms with Crippen molar-refractivity contribution >= 4 is 21.6 Å². The summed E-state index contributed by atoms with van der Waals surface area (Å²) in [5.74, 6) is -1.32. The zero-order valence-corrected chi connectivity index (χ0v) is 10.9. The van der Waals surface area contributed by atoms with Crippen LogP contribution in [0.25, 0.3) is 0 Å². The summed E-state index contributed by atoms with van der Waals surface area (Å²) < 4.78 is 35.9. The van der Waals surface area contributed by atoms with Crippen LogP contribution in [0.4, 0.5) is 10.2 Å². The van der Waals surface area contributed by atoms with E-state index in [0.29, 0.717) is 12.8 Å². The van der Waals surface area contributed by atoms with Gasteiger partial charge in [0, 0.05) is 6.04 Å². The third kappa shape index (κ3) is 3.40. The molecule has 1 aliphatic heterocycles. The number of nitrogen functional groups attached to an aromatic ring is 1. The Labute approximate surface area is 110 Å². The lowest BCUT2D eigenvalue weighted by atomic mass is 10.1. The number of sulfone groups is 1. The molecule has 1 saturated heterocycles. The molecule has 0 bridgehead atoms. The van der Waals surface area contributed by atoms with Crippen LogP contribution in [-0.2, 0) is 9.84 Å². The van der Waals surface area contributed by atoms with Crippen LogP contribution in [0.1, 0.15) is 23.2 Å². The zero-order chi connectivity index (χ0) is 14.0. The van der Waals surface area contributed by atoms with Gasteiger partial charge in [0.2, 0.25) is 0 Å². The highest BCUT2D eigenvalue weighted by molar-refractivity contribution is 7.91. The van der Waals surface area contributed by atoms with Crippen molar-refractivity contribution in [3.63, 3.8) is 0 Å². The Morgan fingerprint density at radius 3 is 2.95 bits per heavy atom. The fourth-order valence-corrected chi connectivity index (χ4v) is 3.67. The average molecular weight is 287 g/mol. The maximum absolute atomic E-state index is 13.0. The highest BCUT2D eigenvalue weighted by atomic mass is 32.2. The van der Waals surface area contributed by atoms with Crippen molar-refractivity contribution in [1.29, 1.82) is 0 Å². The van der Waals surface area contributed by atoms with Crippen LogP contribution >= 0.6 is 0 Å². The van der Waals surface area contributed by atoms with Gasteiger partial charge in [-0.25, -0.2) is 17.8 Å². The molecule has 19 heavy (non-hydrogen) atoms. The van der Waals surface area contributed by atoms with E-state index >= 15 is 0 Å². The maximum atomic E-state index is 13.0. The topological polar surface area (TPSA) is 102 Å². The van der Waals surface area contributed by atoms with Crippen molar-refractivity contribution < 1.29 is 17.6 Å². The Bertz CT molecular complexity index is 603. The molecule has 6 nitrogen and oxygen atoms in total. The zero-order valence-electron chi connectivity index (χ0n) is 10.1. The predicted octanol–water partition coefficient (Wildman–Crippen LogP) is 0.110. The lowest BCUT2D eigenvalue weighted by molar-refractivity contribution is 0.0938. The largest absolute Gasteiger partial charge is 0.383 e. The molecule has 1 atom stereocenters. The smallest absolute Gasteiger partial charge is 0.255 e. The van der Waals surface area contributed by atoms with Crippen LogP contribution < -0.4 is 11.1 Å². The molecule has 1 amide bonds. The molecule has 2 heterocycles. The van der Waals surface area contributed by atoms with Gasteiger partial charge in [-0.1, -0.05) is 0 Å². The van der Waals surface area contributed by atoms with E-state index in [2.05, 4.69) is 10.3 Å². The minimum atomic E-state index is -3.11. The third-order valence-electron chi connectivity index (χ3n) is 2.93. The quantitative estimate of drug-likeness (QED) is 0.803. The normalized spacial score (nSPS) is 21.8. The van der Waals surface area contributed by atoms with Crippen LogP contribution in [0.5, 0.6) is 0 Å². The predicted molar refractivity (Wildman–Crippen MR) is 67.7 cm³/mol. The standard InChI is InChI=1S/C11H14FN3O3S/c12-7-4-9(10(13)14-5-7)11(16)15-8-2-1-3-19(17,18)6-8/h4-5,8H,1-3,6H2,(H2,13,14)(H,15,16). The van der Waals surface area contributed by atoms with Gasteiger partial charge in [0.05, 0.1) is 23.3 Å². The van der Waals surface area contributed by atoms with E-state index in [0.717, 1.165) is 12.3 Å². The average Bonchev–Trinajstić information content (AvgIpc) is 2.31. The number of rotatable bonds is 2. The highest BCUT2D eigenvalue weighted by Gasteiger charge is 2.26. The van der Waals surface area contributed by atoms with Gasteiger partial charge in [-0.3, -0.25) is 4.79 Å². The molecular weight excluding hydrogens is 273 g/mol. The van der Waals surface area contributed by atoms with E-state index in [-0.39, 0.29) is 22.9 Å². The number of nitrogens with two attached hydrogens (primary N) is 1. The summed E-state index contributed by atoms with van der Waals surface area (Å²) in [7, 11) is -3.11. The Balaban J connectivity index is 2.11. The second kappa shape index (κ2) is 5.12. The molecule has 2 rings (SSSR count). The van der Waals surface area contributed by atoms with Crippen molar-refractivity contribution in [3.05, 3.63) is 23.6 Å². The molecule has 0 spiro atoms. The summed E-state index contributed by atoms with van der Waals surface area (Å²) in [6.45, 7) is 0. The number of halogens is 1. The van der Waals surface area contributed by atoms with Crippen LogP contribution in [0, 0.1) is 5.82 Å². The van der Waals surface area contributed by atoms with Crippen LogP contribution in [0.15, 0.2) is 12.3 Å². The van der Waals surface area contributed by atoms with Gasteiger partial charge in [-0.15, -0.1) is 0 Å². The summed E-state index contributed by atoms with van der Waals surface area (Å²) in [6.07, 6.45) is 2.00. The molecule has 0 radical (unpaired) electrons. The summed E-state index contributed by atoms with van der Waals surface area (Å²) in [5.41, 5.74) is 5.41. The van der Waals surface area contributed by atoms with Crippen molar-refractivity contribution in [3.8, 4) is 0 Å². The lowest BCUT2D eigenvalue weighted by Gasteiger charge is -2.23. The SMILES string of the molecule is Nc1ncc(F)cc1C(=O)NC1CCCS(=O)(=O)C1. The summed E-state index contributed by atoms with van der Waals surface area (Å²) in [6, 6.07) is 0.517. The first kappa shape index (κ1) is 13.7. The number of hydrogen-bond donors (Lipinski definition) is 2. The molecule has 1 aromatic rings. The van der Waals surface area contributed by atoms with Gasteiger partial charge in [-0.05, 0) is 18.9 Å². The summed E-state index contributed by atoms with van der Waals surface area (Å²) in [5, 5.41) is 2.55. The monoisotopic (exact) mass is 287 g/mol. The Hall–Kier alpha value is -1.70. The molecule has 1 fully saturated rings. The molecule has 1 unspecified atom stereocenters. The number of amides is 1. The highest BCUT2D eigenvalue weighted by Crippen LogP contribution is 2.14. The first-order valence-corrected chi connectivity index (χ1v) is 7.62. The first-order valence-electron chi connectivity index (χ1n) is 5.80. The van der Waals surface area contributed by atoms with Gasteiger partial charge in [-0.2, -0.15) is 0 Å². The Kier molecular flexibility index (Phi) is 3.70. The second-order valence-electron chi connectivity index (χ2n) is 4.51. The number of nitrogens with zero attached hydrogens (tertiary/aromatic N) is 1. The van der Waals surface area contributed by atoms with Gasteiger partial charge in [0.15, 0.2) is 9.84 Å². The summed E-state index contributed by atoms with van der Waals surface area (Å²) in [4.78, 5) is 15.4. The molecule has 104 valence electrons. The maximum Gasteiger partial charge on any atom is 0.255 e. The van der Waals surface area contributed by atoms with E-state index in [1.807, 2.05) is 0 Å². The third-order valence-corrected chi connectivity index (χ3v) is 4.75. The number of nitrogens with one attached hydrogen (secondary N) is 1. The van der Waals surface area contributed by atoms with E-state index < -0.39 is 27.6 Å². The fraction of sp³-hybridized carbons (Fsp3) is 0.455. The van der Waals surface area contributed by atoms with Crippen LogP contribution in [-0.4, -0.2) is 36.9 Å². The molecular formula is C11H14FN3O3S. The van der Waals surface area contributed by atoms with Crippen molar-refractivity contribution in [1.82, 2.24) is 10.3 Å². The van der Waals surface area contributed by atoms with Gasteiger partial charge in [0.1, 0.15) is 11.6 Å². The molecule has 0 aliphatic carbocycles. The van der Waals surface area contributed by atoms with E-state index in [4.69, 9.17) is 5.73 Å². The van der Waals surface area contributed by atoms with E-state index in [9.17, 15) is 17.6 Å². The Morgan fingerprint density at radius 2 is 2.26 bits per heavy atom. The lowest BCUT2D eigenvalue weighted by Crippen LogP contribution is -2.43. The van der Waals surface area contributed by atoms with E-state index in [1.165, 1.54) is 0 Å². The number of pyridine rings is 1. The molecule has 3 N–H and O–H groups in total. The van der Waals surface area contributed by atoms with Crippen molar-refractivity contribution in [2.75, 3.05) is 17.2 Å². The minimum Gasteiger partial charge on any atom is -0.383 e. The number of carbonyl (C=O) groups excluding carboxylic acids is 1. The van der Waals surface area contributed by atoms with Gasteiger partial charge >= 0.3 is 0 Å². The van der Waals surface area contributed by atoms with Gasteiger partial charge < -0.3 is 11.1 Å². The first-order chi connectivity index (χ1) is 8.87. The minimum absolute atomic E-state index is 0.0806.